The van der Waals surface area contributed by atoms with E-state index < -0.39 is 12.1 Å². The average molecular weight is 1330 g/mol. The first-order valence-electron chi connectivity index (χ1n) is 43.4. The van der Waals surface area contributed by atoms with Gasteiger partial charge in [0.1, 0.15) is 0 Å². The van der Waals surface area contributed by atoms with E-state index in [9.17, 15) is 19.8 Å². The molecule has 2 atom stereocenters. The summed E-state index contributed by atoms with van der Waals surface area (Å²) in [5.74, 6) is -0.0436. The molecule has 0 aliphatic rings. The van der Waals surface area contributed by atoms with Gasteiger partial charge in [0.05, 0.1) is 25.4 Å². The smallest absolute Gasteiger partial charge is 0.305 e. The first kappa shape index (κ1) is 92.8. The zero-order chi connectivity index (χ0) is 68.4. The molecule has 95 heavy (non-hydrogen) atoms. The molecule has 0 fully saturated rings. The number of allylic oxidation sites excluding steroid dienone is 7. The molecule has 6 heteroatoms. The SMILES string of the molecule is CCCCC/C=C\C/C=C\CCCCCCCCCC(=O)OCCCCCCCCCCCCCCCCCCCC/C=C\CCCCCCCCCCCCCCCCCCCC(=O)NC(CO)C(O)/C=C/CCCCCCCCCCCCCCCCCCCCCC. The zero-order valence-corrected chi connectivity index (χ0v) is 64.4. The third-order valence-corrected chi connectivity index (χ3v) is 20.3. The van der Waals surface area contributed by atoms with E-state index in [-0.39, 0.29) is 18.5 Å². The summed E-state index contributed by atoms with van der Waals surface area (Å²) in [6.07, 6.45) is 113. The van der Waals surface area contributed by atoms with Crippen LogP contribution in [-0.2, 0) is 14.3 Å². The lowest BCUT2D eigenvalue weighted by atomic mass is 10.0. The van der Waals surface area contributed by atoms with E-state index >= 15 is 0 Å². The number of carbonyl (C=O) groups is 2. The normalized spacial score (nSPS) is 12.7. The number of hydrogen-bond donors (Lipinski definition) is 3. The summed E-state index contributed by atoms with van der Waals surface area (Å²) >= 11 is 0. The Morgan fingerprint density at radius 1 is 0.295 bits per heavy atom. The topological polar surface area (TPSA) is 95.9 Å². The van der Waals surface area contributed by atoms with Gasteiger partial charge in [0.25, 0.3) is 0 Å². The first-order chi connectivity index (χ1) is 47.0. The Labute approximate surface area is 595 Å². The van der Waals surface area contributed by atoms with Crippen LogP contribution in [0.3, 0.4) is 0 Å². The second-order valence-corrected chi connectivity index (χ2v) is 29.9. The van der Waals surface area contributed by atoms with Crippen LogP contribution in [-0.4, -0.2) is 47.4 Å². The van der Waals surface area contributed by atoms with Crippen molar-refractivity contribution in [2.75, 3.05) is 13.2 Å². The Morgan fingerprint density at radius 2 is 0.526 bits per heavy atom. The quantitative estimate of drug-likeness (QED) is 0.0320. The molecule has 560 valence electrons. The molecule has 0 aromatic carbocycles. The van der Waals surface area contributed by atoms with Crippen LogP contribution in [0.4, 0.5) is 0 Å². The summed E-state index contributed by atoms with van der Waals surface area (Å²) in [5, 5.41) is 23.3. The molecular weight excluding hydrogens is 1160 g/mol. The van der Waals surface area contributed by atoms with Gasteiger partial charge in [-0.25, -0.2) is 0 Å². The minimum Gasteiger partial charge on any atom is -0.466 e. The van der Waals surface area contributed by atoms with E-state index in [2.05, 4.69) is 55.6 Å². The molecule has 0 radical (unpaired) electrons. The minimum absolute atomic E-state index is 0.0151. The maximum Gasteiger partial charge on any atom is 0.305 e. The van der Waals surface area contributed by atoms with Gasteiger partial charge < -0.3 is 20.3 Å². The van der Waals surface area contributed by atoms with Crippen molar-refractivity contribution in [3.8, 4) is 0 Å². The predicted molar refractivity (Wildman–Crippen MR) is 421 cm³/mol. The highest BCUT2D eigenvalue weighted by Crippen LogP contribution is 2.20. The van der Waals surface area contributed by atoms with Crippen LogP contribution in [0.25, 0.3) is 0 Å². The second kappa shape index (κ2) is 84.2. The van der Waals surface area contributed by atoms with Crippen molar-refractivity contribution in [1.82, 2.24) is 5.32 Å². The van der Waals surface area contributed by atoms with Crippen LogP contribution in [0.1, 0.15) is 483 Å². The Morgan fingerprint density at radius 3 is 0.832 bits per heavy atom. The monoisotopic (exact) mass is 1330 g/mol. The number of unbranched alkanes of at least 4 members (excludes halogenated alkanes) is 65. The van der Waals surface area contributed by atoms with Crippen LogP contribution in [0.2, 0.25) is 0 Å². The van der Waals surface area contributed by atoms with Crippen LogP contribution >= 0.6 is 0 Å². The number of amides is 1. The number of hydrogen-bond acceptors (Lipinski definition) is 5. The van der Waals surface area contributed by atoms with Gasteiger partial charge in [0, 0.05) is 12.8 Å². The van der Waals surface area contributed by atoms with E-state index in [1.54, 1.807) is 6.08 Å². The zero-order valence-electron chi connectivity index (χ0n) is 64.4. The standard InChI is InChI=1S/C89H169NO5/c1-3-5-7-9-11-13-15-17-19-21-22-23-43-46-50-53-57-61-65-69-73-77-81-87(92)86(85-91)90-88(93)82-78-74-70-66-62-58-54-51-47-44-41-39-37-35-33-31-29-27-25-24-26-28-30-32-34-36-38-40-42-45-48-52-56-60-64-68-72-76-80-84-95-89(94)83-79-75-71-67-63-59-55-49-20-18-16-14-12-10-8-6-4-2/h12,14,18,20,24-25,77,81,86-87,91-92H,3-11,13,15-17,19,21-23,26-76,78-80,82-85H2,1-2H3,(H,90,93)/b14-12-,20-18-,25-24-,81-77+. The van der Waals surface area contributed by atoms with Crippen molar-refractivity contribution in [2.45, 2.75) is 495 Å². The number of carbonyl (C=O) groups excluding carboxylic acids is 2. The van der Waals surface area contributed by atoms with Gasteiger partial charge in [-0.05, 0) is 89.9 Å². The molecule has 0 aliphatic carbocycles. The number of ether oxygens (including phenoxy) is 1. The lowest BCUT2D eigenvalue weighted by Gasteiger charge is -2.20. The van der Waals surface area contributed by atoms with Crippen molar-refractivity contribution in [3.05, 3.63) is 48.6 Å². The number of esters is 1. The van der Waals surface area contributed by atoms with Crippen molar-refractivity contribution in [2.24, 2.45) is 0 Å². The third-order valence-electron chi connectivity index (χ3n) is 20.3. The molecule has 0 aliphatic heterocycles. The Bertz CT molecular complexity index is 1590. The van der Waals surface area contributed by atoms with E-state index in [0.29, 0.717) is 19.4 Å². The Hall–Kier alpha value is -2.18. The van der Waals surface area contributed by atoms with Crippen LogP contribution in [0.15, 0.2) is 48.6 Å². The lowest BCUT2D eigenvalue weighted by molar-refractivity contribution is -0.143. The van der Waals surface area contributed by atoms with E-state index in [1.807, 2.05) is 6.08 Å². The molecule has 3 N–H and O–H groups in total. The van der Waals surface area contributed by atoms with Gasteiger partial charge in [0.2, 0.25) is 5.91 Å². The highest BCUT2D eigenvalue weighted by atomic mass is 16.5. The molecule has 0 heterocycles. The number of nitrogens with one attached hydrogen (secondary N) is 1. The summed E-state index contributed by atoms with van der Waals surface area (Å²) in [7, 11) is 0. The van der Waals surface area contributed by atoms with Crippen molar-refractivity contribution in [3.63, 3.8) is 0 Å². The summed E-state index contributed by atoms with van der Waals surface area (Å²) in [5.41, 5.74) is 0. The summed E-state index contributed by atoms with van der Waals surface area (Å²) < 4.78 is 5.51. The molecule has 0 spiro atoms. The molecular formula is C89H169NO5. The van der Waals surface area contributed by atoms with Gasteiger partial charge in [-0.3, -0.25) is 9.59 Å². The average Bonchev–Trinajstić information content (AvgIpc) is 3.51. The van der Waals surface area contributed by atoms with Gasteiger partial charge >= 0.3 is 5.97 Å². The summed E-state index contributed by atoms with van der Waals surface area (Å²) in [4.78, 5) is 24.7. The maximum absolute atomic E-state index is 12.6. The van der Waals surface area contributed by atoms with E-state index in [4.69, 9.17) is 4.74 Å². The minimum atomic E-state index is -0.843. The molecule has 1 amide bonds. The molecule has 2 unspecified atom stereocenters. The largest absolute Gasteiger partial charge is 0.466 e. The van der Waals surface area contributed by atoms with Crippen LogP contribution < -0.4 is 5.32 Å². The molecule has 0 bridgehead atoms. The second-order valence-electron chi connectivity index (χ2n) is 29.9. The fourth-order valence-electron chi connectivity index (χ4n) is 13.7. The number of aliphatic hydroxyl groups excluding tert-OH is 2. The molecule has 0 rings (SSSR count). The van der Waals surface area contributed by atoms with Gasteiger partial charge in [-0.15, -0.1) is 0 Å². The molecule has 6 nitrogen and oxygen atoms in total. The third kappa shape index (κ3) is 80.7. The fourth-order valence-corrected chi connectivity index (χ4v) is 13.7. The molecule has 0 saturated heterocycles. The highest BCUT2D eigenvalue weighted by molar-refractivity contribution is 5.76. The van der Waals surface area contributed by atoms with Crippen LogP contribution in [0.5, 0.6) is 0 Å². The van der Waals surface area contributed by atoms with Gasteiger partial charge in [-0.2, -0.15) is 0 Å². The molecule has 0 aromatic rings. The fraction of sp³-hybridized carbons (Fsp3) is 0.888. The van der Waals surface area contributed by atoms with Crippen LogP contribution in [0, 0.1) is 0 Å². The van der Waals surface area contributed by atoms with Crippen molar-refractivity contribution in [1.29, 1.82) is 0 Å². The Kier molecular flexibility index (Phi) is 82.3. The number of rotatable bonds is 82. The Balaban J connectivity index is 3.35. The molecule has 0 aromatic heterocycles. The van der Waals surface area contributed by atoms with E-state index in [1.165, 1.54) is 405 Å². The summed E-state index contributed by atoms with van der Waals surface area (Å²) in [6, 6.07) is -0.626. The first-order valence-corrected chi connectivity index (χ1v) is 43.4. The summed E-state index contributed by atoms with van der Waals surface area (Å²) in [6.45, 7) is 4.93. The van der Waals surface area contributed by atoms with Gasteiger partial charge in [-0.1, -0.05) is 428 Å². The van der Waals surface area contributed by atoms with E-state index in [0.717, 1.165) is 51.4 Å². The van der Waals surface area contributed by atoms with Gasteiger partial charge in [0.15, 0.2) is 0 Å². The van der Waals surface area contributed by atoms with Crippen molar-refractivity contribution < 1.29 is 24.5 Å². The maximum atomic E-state index is 12.6. The molecule has 0 saturated carbocycles. The number of aliphatic hydroxyl groups is 2. The predicted octanol–water partition coefficient (Wildman–Crippen LogP) is 29.1. The van der Waals surface area contributed by atoms with Crippen molar-refractivity contribution >= 4 is 11.9 Å². The lowest BCUT2D eigenvalue weighted by Crippen LogP contribution is -2.45. The highest BCUT2D eigenvalue weighted by Gasteiger charge is 2.18.